The molecule has 3 aromatic heterocycles. The number of methoxy groups -OCH3 is 2. The third-order valence-electron chi connectivity index (χ3n) is 11.5. The lowest BCUT2D eigenvalue weighted by molar-refractivity contribution is 0.114. The fraction of sp³-hybridized carbons (Fsp3) is 0.400. The van der Waals surface area contributed by atoms with Crippen molar-refractivity contribution in [1.82, 2.24) is 39.2 Å². The lowest BCUT2D eigenvalue weighted by Gasteiger charge is -2.40. The summed E-state index contributed by atoms with van der Waals surface area (Å²) in [6.45, 7) is 5.16. The molecule has 5 heterocycles. The van der Waals surface area contributed by atoms with E-state index in [2.05, 4.69) is 31.6 Å². The molecule has 292 valence electrons. The number of nitrogens with zero attached hydrogens (tertiary/aromatic N) is 7. The number of likely N-dealkylation sites (tertiary alicyclic amines) is 1. The van der Waals surface area contributed by atoms with Crippen LogP contribution in [0.3, 0.4) is 0 Å². The molecule has 2 aliphatic heterocycles. The molecule has 1 aliphatic carbocycles. The van der Waals surface area contributed by atoms with Gasteiger partial charge in [-0.15, -0.1) is 0 Å². The predicted octanol–water partition coefficient (Wildman–Crippen LogP) is 5.62. The van der Waals surface area contributed by atoms with E-state index < -0.39 is 11.2 Å². The maximum Gasteiger partial charge on any atom is 0.332 e. The Labute approximate surface area is 333 Å². The zero-order valence-electron chi connectivity index (χ0n) is 31.9. The van der Waals surface area contributed by atoms with Crippen LogP contribution in [0, 0.1) is 6.92 Å². The highest BCUT2D eigenvalue weighted by atomic mass is 35.5. The van der Waals surface area contributed by atoms with Gasteiger partial charge in [-0.05, 0) is 50.3 Å². The molecular weight excluding hydrogens is 757 g/mol. The van der Waals surface area contributed by atoms with E-state index in [-0.39, 0.29) is 34.5 Å². The Bertz CT molecular complexity index is 2520. The average Bonchev–Trinajstić information content (AvgIpc) is 3.80. The molecule has 56 heavy (non-hydrogen) atoms. The van der Waals surface area contributed by atoms with Gasteiger partial charge >= 0.3 is 11.7 Å². The summed E-state index contributed by atoms with van der Waals surface area (Å²) in [6, 6.07) is 13.5. The number of halogens is 2. The van der Waals surface area contributed by atoms with Crippen molar-refractivity contribution < 1.29 is 14.3 Å². The molecule has 16 heteroatoms. The van der Waals surface area contributed by atoms with Crippen molar-refractivity contribution in [3.8, 4) is 28.3 Å². The first kappa shape index (κ1) is 37.9. The van der Waals surface area contributed by atoms with Crippen LogP contribution in [0.4, 0.5) is 16.3 Å². The number of pyridine rings is 1. The molecule has 2 N–H and O–H groups in total. The van der Waals surface area contributed by atoms with E-state index in [9.17, 15) is 14.4 Å². The van der Waals surface area contributed by atoms with Crippen LogP contribution in [0.25, 0.3) is 33.4 Å². The Kier molecular flexibility index (Phi) is 10.0. The van der Waals surface area contributed by atoms with E-state index in [1.807, 2.05) is 35.2 Å². The van der Waals surface area contributed by atoms with E-state index in [4.69, 9.17) is 37.7 Å². The predicted molar refractivity (Wildman–Crippen MR) is 216 cm³/mol. The maximum absolute atomic E-state index is 13.3. The summed E-state index contributed by atoms with van der Waals surface area (Å²) in [5, 5.41) is 7.56. The van der Waals surface area contributed by atoms with Gasteiger partial charge in [-0.25, -0.2) is 24.5 Å². The largest absolute Gasteiger partial charge is 0.481 e. The van der Waals surface area contributed by atoms with E-state index in [0.29, 0.717) is 64.0 Å². The van der Waals surface area contributed by atoms with Crippen LogP contribution in [-0.4, -0.2) is 92.5 Å². The normalized spacial score (nSPS) is 19.5. The second-order valence-corrected chi connectivity index (χ2v) is 15.5. The number of urea groups is 1. The molecule has 2 unspecified atom stereocenters. The lowest BCUT2D eigenvalue weighted by atomic mass is 9.92. The van der Waals surface area contributed by atoms with E-state index in [1.165, 1.54) is 11.6 Å². The van der Waals surface area contributed by atoms with Crippen LogP contribution in [0.2, 0.25) is 10.0 Å². The first-order valence-electron chi connectivity index (χ1n) is 18.6. The number of rotatable bonds is 9. The van der Waals surface area contributed by atoms with Gasteiger partial charge < -0.3 is 25.0 Å². The molecule has 2 aromatic carbocycles. The molecule has 2 saturated heterocycles. The van der Waals surface area contributed by atoms with Gasteiger partial charge in [0.2, 0.25) is 5.88 Å². The molecule has 0 radical (unpaired) electrons. The standard InChI is InChI=1S/C40H43Cl2N9O5/c1-22-43-34(31-35(44-22)48(2)39(54)49(3)37(31)52)45-27-11-7-9-25(33(27)42)24-8-6-10-26(32(24)41)28-20-23-12-13-29(30(23)36(46-28)56-5)51-17-15-40(21-51)14-16-50(18-19-55-4)38(53)47-40/h6-11,20,29H,12-19,21H2,1-5H3,(H,47,53)(H,43,44,45). The van der Waals surface area contributed by atoms with Crippen molar-refractivity contribution >= 4 is 51.8 Å². The summed E-state index contributed by atoms with van der Waals surface area (Å²) in [7, 11) is 6.28. The summed E-state index contributed by atoms with van der Waals surface area (Å²) < 4.78 is 13.5. The molecule has 5 aromatic rings. The summed E-state index contributed by atoms with van der Waals surface area (Å²) >= 11 is 14.3. The van der Waals surface area contributed by atoms with Gasteiger partial charge in [0.05, 0.1) is 40.7 Å². The van der Waals surface area contributed by atoms with Gasteiger partial charge in [0, 0.05) is 75.7 Å². The van der Waals surface area contributed by atoms with Crippen LogP contribution in [0.1, 0.15) is 42.3 Å². The smallest absolute Gasteiger partial charge is 0.332 e. The first-order chi connectivity index (χ1) is 26.9. The van der Waals surface area contributed by atoms with Crippen molar-refractivity contribution in [2.24, 2.45) is 14.1 Å². The number of aromatic nitrogens is 5. The zero-order chi connectivity index (χ0) is 39.5. The minimum absolute atomic E-state index is 0.0232. The number of carbonyl (C=O) groups excluding carboxylic acids is 1. The molecule has 2 amide bonds. The van der Waals surface area contributed by atoms with Gasteiger partial charge in [-0.2, -0.15) is 0 Å². The number of fused-ring (bicyclic) bond motifs is 2. The Morgan fingerprint density at radius 3 is 2.43 bits per heavy atom. The minimum Gasteiger partial charge on any atom is -0.481 e. The second-order valence-electron chi connectivity index (χ2n) is 14.8. The van der Waals surface area contributed by atoms with Crippen LogP contribution in [0.15, 0.2) is 52.1 Å². The van der Waals surface area contributed by atoms with Crippen molar-refractivity contribution in [3.05, 3.63) is 90.3 Å². The number of nitrogens with one attached hydrogen (secondary N) is 2. The molecule has 2 fully saturated rings. The monoisotopic (exact) mass is 799 g/mol. The summed E-state index contributed by atoms with van der Waals surface area (Å²) in [6.07, 6.45) is 3.57. The van der Waals surface area contributed by atoms with Gasteiger partial charge in [0.25, 0.3) is 5.56 Å². The van der Waals surface area contributed by atoms with Gasteiger partial charge in [-0.3, -0.25) is 18.8 Å². The Morgan fingerprint density at radius 2 is 1.68 bits per heavy atom. The van der Waals surface area contributed by atoms with Gasteiger partial charge in [-0.1, -0.05) is 53.5 Å². The fourth-order valence-corrected chi connectivity index (χ4v) is 9.11. The highest BCUT2D eigenvalue weighted by molar-refractivity contribution is 6.39. The zero-order valence-corrected chi connectivity index (χ0v) is 33.4. The summed E-state index contributed by atoms with van der Waals surface area (Å²) in [5.74, 6) is 1.18. The van der Waals surface area contributed by atoms with Crippen LogP contribution >= 0.6 is 23.2 Å². The molecular formula is C40H43Cl2N9O5. The quantitative estimate of drug-likeness (QED) is 0.193. The van der Waals surface area contributed by atoms with Crippen molar-refractivity contribution in [2.45, 2.75) is 44.2 Å². The summed E-state index contributed by atoms with van der Waals surface area (Å²) in [5.41, 5.74) is 4.48. The third-order valence-corrected chi connectivity index (χ3v) is 12.3. The molecule has 3 aliphatic rings. The van der Waals surface area contributed by atoms with E-state index in [0.717, 1.165) is 60.0 Å². The molecule has 2 atom stereocenters. The molecule has 1 spiro atoms. The number of aryl methyl sites for hydroxylation is 3. The number of hydrogen-bond acceptors (Lipinski definition) is 10. The lowest BCUT2D eigenvalue weighted by Crippen LogP contribution is -2.61. The Morgan fingerprint density at radius 1 is 0.946 bits per heavy atom. The molecule has 8 rings (SSSR count). The van der Waals surface area contributed by atoms with Crippen LogP contribution in [0.5, 0.6) is 5.88 Å². The van der Waals surface area contributed by atoms with Crippen molar-refractivity contribution in [3.63, 3.8) is 0 Å². The molecule has 0 bridgehead atoms. The van der Waals surface area contributed by atoms with E-state index in [1.54, 1.807) is 34.3 Å². The van der Waals surface area contributed by atoms with Crippen LogP contribution < -0.4 is 26.6 Å². The second kappa shape index (κ2) is 14.8. The highest BCUT2D eigenvalue weighted by Crippen LogP contribution is 2.47. The number of anilines is 2. The number of ether oxygens (including phenoxy) is 2. The fourth-order valence-electron chi connectivity index (χ4n) is 8.51. The minimum atomic E-state index is -0.523. The molecule has 0 saturated carbocycles. The van der Waals surface area contributed by atoms with Gasteiger partial charge in [0.1, 0.15) is 17.0 Å². The van der Waals surface area contributed by atoms with E-state index >= 15 is 0 Å². The summed E-state index contributed by atoms with van der Waals surface area (Å²) in [4.78, 5) is 57.1. The number of carbonyl (C=O) groups is 1. The SMILES string of the molecule is COCCN1CCC2(CCN(C3CCc4cc(-c5cccc(-c6cccc(Nc7nc(C)nc8c7c(=O)n(C)c(=O)n8C)c6Cl)c5Cl)nc(OC)c43)C2)NC1=O. The number of hydrogen-bond donors (Lipinski definition) is 2. The van der Waals surface area contributed by atoms with Crippen molar-refractivity contribution in [1.29, 1.82) is 0 Å². The van der Waals surface area contributed by atoms with Crippen LogP contribution in [-0.2, 0) is 25.3 Å². The number of amides is 2. The third kappa shape index (κ3) is 6.47. The number of benzene rings is 2. The topological polar surface area (TPSA) is 149 Å². The first-order valence-corrected chi connectivity index (χ1v) is 19.4. The van der Waals surface area contributed by atoms with Gasteiger partial charge in [0.15, 0.2) is 5.65 Å². The Balaban J connectivity index is 1.08. The molecule has 14 nitrogen and oxygen atoms in total. The van der Waals surface area contributed by atoms with Crippen molar-refractivity contribution in [2.75, 3.05) is 52.3 Å². The highest BCUT2D eigenvalue weighted by Gasteiger charge is 2.46. The Hall–Kier alpha value is -5.02. The maximum atomic E-state index is 13.3. The average molecular weight is 801 g/mol.